The van der Waals surface area contributed by atoms with Gasteiger partial charge in [-0.15, -0.1) is 0 Å². The van der Waals surface area contributed by atoms with E-state index in [1.165, 1.54) is 11.1 Å². The lowest BCUT2D eigenvalue weighted by Gasteiger charge is -2.13. The van der Waals surface area contributed by atoms with Crippen LogP contribution in [-0.4, -0.2) is 33.3 Å². The van der Waals surface area contributed by atoms with Crippen molar-refractivity contribution in [1.82, 2.24) is 0 Å². The first-order chi connectivity index (χ1) is 12.6. The predicted octanol–water partition coefficient (Wildman–Crippen LogP) is 3.99. The first kappa shape index (κ1) is 19.8. The average Bonchev–Trinajstić information content (AvgIpc) is 2.64. The van der Waals surface area contributed by atoms with Crippen LogP contribution < -0.4 is 14.8 Å². The second-order valence-electron chi connectivity index (χ2n) is 6.09. The Morgan fingerprint density at radius 3 is 2.46 bits per heavy atom. The summed E-state index contributed by atoms with van der Waals surface area (Å²) in [5.41, 5.74) is 3.19. The fraction of sp³-hybridized carbons (Fsp3) is 0.381. The van der Waals surface area contributed by atoms with Gasteiger partial charge in [0.2, 0.25) is 5.91 Å². The van der Waals surface area contributed by atoms with Crippen molar-refractivity contribution in [1.29, 1.82) is 0 Å². The average molecular weight is 357 g/mol. The molecule has 0 unspecified atom stereocenters. The van der Waals surface area contributed by atoms with Gasteiger partial charge in [0, 0.05) is 25.3 Å². The highest BCUT2D eigenvalue weighted by Crippen LogP contribution is 2.30. The minimum atomic E-state index is -0.00915. The molecule has 2 aromatic carbocycles. The van der Waals surface area contributed by atoms with Crippen molar-refractivity contribution in [3.8, 4) is 11.5 Å². The molecule has 0 fully saturated rings. The van der Waals surface area contributed by atoms with E-state index in [9.17, 15) is 4.79 Å². The van der Waals surface area contributed by atoms with E-state index in [1.54, 1.807) is 32.4 Å². The summed E-state index contributed by atoms with van der Waals surface area (Å²) in [5.74, 6) is 1.20. The lowest BCUT2D eigenvalue weighted by Crippen LogP contribution is -2.12. The summed E-state index contributed by atoms with van der Waals surface area (Å²) in [6, 6.07) is 13.8. The summed E-state index contributed by atoms with van der Waals surface area (Å²) in [4.78, 5) is 12.2. The van der Waals surface area contributed by atoms with Crippen molar-refractivity contribution in [3.63, 3.8) is 0 Å². The van der Waals surface area contributed by atoms with E-state index in [4.69, 9.17) is 14.2 Å². The number of nitrogens with one attached hydrogen (secondary N) is 1. The fourth-order valence-electron chi connectivity index (χ4n) is 2.53. The highest BCUT2D eigenvalue weighted by atomic mass is 16.5. The molecule has 0 aliphatic rings. The van der Waals surface area contributed by atoms with Crippen LogP contribution in [0.5, 0.6) is 11.5 Å². The number of rotatable bonds is 10. The molecular weight excluding hydrogens is 330 g/mol. The van der Waals surface area contributed by atoms with Crippen molar-refractivity contribution in [3.05, 3.63) is 53.6 Å². The maximum atomic E-state index is 12.2. The predicted molar refractivity (Wildman–Crippen MR) is 103 cm³/mol. The maximum absolute atomic E-state index is 12.2. The minimum absolute atomic E-state index is 0.00915. The third-order valence-corrected chi connectivity index (χ3v) is 3.98. The van der Waals surface area contributed by atoms with Gasteiger partial charge >= 0.3 is 0 Å². The Bertz CT molecular complexity index is 698. The van der Waals surface area contributed by atoms with Crippen molar-refractivity contribution >= 4 is 11.6 Å². The van der Waals surface area contributed by atoms with Crippen LogP contribution in [0.1, 0.15) is 24.0 Å². The van der Waals surface area contributed by atoms with Crippen molar-refractivity contribution in [2.45, 2.75) is 26.2 Å². The summed E-state index contributed by atoms with van der Waals surface area (Å²) >= 11 is 0. The molecule has 0 spiro atoms. The Kier molecular flexibility index (Phi) is 7.96. The number of amides is 1. The van der Waals surface area contributed by atoms with E-state index < -0.39 is 0 Å². The van der Waals surface area contributed by atoms with Crippen LogP contribution >= 0.6 is 0 Å². The molecule has 2 rings (SSSR count). The number of aryl methyl sites for hydroxylation is 2. The molecule has 1 amide bonds. The van der Waals surface area contributed by atoms with Crippen LogP contribution in [0.2, 0.25) is 0 Å². The molecule has 140 valence electrons. The number of carbonyl (C=O) groups excluding carboxylic acids is 1. The number of hydrogen-bond acceptors (Lipinski definition) is 4. The lowest BCUT2D eigenvalue weighted by atomic mass is 10.1. The molecule has 5 nitrogen and oxygen atoms in total. The van der Waals surface area contributed by atoms with Crippen LogP contribution in [0.3, 0.4) is 0 Å². The van der Waals surface area contributed by atoms with E-state index >= 15 is 0 Å². The zero-order chi connectivity index (χ0) is 18.8. The summed E-state index contributed by atoms with van der Waals surface area (Å²) < 4.78 is 15.9. The third kappa shape index (κ3) is 6.41. The van der Waals surface area contributed by atoms with Crippen molar-refractivity contribution in [2.75, 3.05) is 32.8 Å². The van der Waals surface area contributed by atoms with E-state index in [-0.39, 0.29) is 5.91 Å². The molecular formula is C21H27NO4. The minimum Gasteiger partial charge on any atom is -0.493 e. The zero-order valence-electron chi connectivity index (χ0n) is 15.7. The number of methoxy groups -OCH3 is 2. The van der Waals surface area contributed by atoms with Gasteiger partial charge in [0.1, 0.15) is 6.61 Å². The van der Waals surface area contributed by atoms with Gasteiger partial charge < -0.3 is 19.5 Å². The van der Waals surface area contributed by atoms with Crippen LogP contribution in [0, 0.1) is 6.92 Å². The first-order valence-electron chi connectivity index (χ1n) is 8.77. The second kappa shape index (κ2) is 10.5. The van der Waals surface area contributed by atoms with Gasteiger partial charge in [-0.25, -0.2) is 0 Å². The first-order valence-corrected chi connectivity index (χ1v) is 8.77. The highest BCUT2D eigenvalue weighted by Gasteiger charge is 2.08. The van der Waals surface area contributed by atoms with Crippen molar-refractivity contribution in [2.24, 2.45) is 0 Å². The molecule has 1 N–H and O–H groups in total. The third-order valence-electron chi connectivity index (χ3n) is 3.98. The van der Waals surface area contributed by atoms with Gasteiger partial charge in [0.25, 0.3) is 0 Å². The zero-order valence-corrected chi connectivity index (χ0v) is 15.7. The van der Waals surface area contributed by atoms with E-state index in [2.05, 4.69) is 36.5 Å². The van der Waals surface area contributed by atoms with Gasteiger partial charge in [-0.1, -0.05) is 29.8 Å². The molecule has 0 saturated carbocycles. The smallest absolute Gasteiger partial charge is 0.224 e. The van der Waals surface area contributed by atoms with Gasteiger partial charge in [-0.05, 0) is 37.5 Å². The lowest BCUT2D eigenvalue weighted by molar-refractivity contribution is -0.116. The summed E-state index contributed by atoms with van der Waals surface area (Å²) in [6.45, 7) is 2.97. The molecule has 0 aliphatic heterocycles. The van der Waals surface area contributed by atoms with Crippen LogP contribution in [0.25, 0.3) is 0 Å². The molecule has 0 aromatic heterocycles. The second-order valence-corrected chi connectivity index (χ2v) is 6.09. The summed E-state index contributed by atoms with van der Waals surface area (Å²) in [5, 5.41) is 2.91. The Labute approximate surface area is 155 Å². The molecule has 0 atom stereocenters. The summed E-state index contributed by atoms with van der Waals surface area (Å²) in [7, 11) is 3.20. The molecule has 0 heterocycles. The van der Waals surface area contributed by atoms with Crippen molar-refractivity contribution < 1.29 is 19.0 Å². The fourth-order valence-corrected chi connectivity index (χ4v) is 2.53. The number of benzene rings is 2. The van der Waals surface area contributed by atoms with E-state index in [1.807, 2.05) is 0 Å². The highest BCUT2D eigenvalue weighted by molar-refractivity contribution is 5.91. The Hall–Kier alpha value is -2.53. The molecule has 2 aromatic rings. The molecule has 0 radical (unpaired) electrons. The molecule has 0 saturated heterocycles. The molecule has 26 heavy (non-hydrogen) atoms. The molecule has 0 bridgehead atoms. The summed E-state index contributed by atoms with van der Waals surface area (Å²) in [6.07, 6.45) is 2.17. The topological polar surface area (TPSA) is 56.8 Å². The largest absolute Gasteiger partial charge is 0.493 e. The molecule has 0 aliphatic carbocycles. The van der Waals surface area contributed by atoms with E-state index in [0.29, 0.717) is 36.8 Å². The van der Waals surface area contributed by atoms with Crippen LogP contribution in [0.15, 0.2) is 42.5 Å². The van der Waals surface area contributed by atoms with Crippen LogP contribution in [0.4, 0.5) is 5.69 Å². The van der Waals surface area contributed by atoms with Crippen LogP contribution in [-0.2, 0) is 16.0 Å². The number of hydrogen-bond donors (Lipinski definition) is 1. The Balaban J connectivity index is 1.85. The van der Waals surface area contributed by atoms with E-state index in [0.717, 1.165) is 12.8 Å². The quantitative estimate of drug-likeness (QED) is 0.653. The number of ether oxygens (including phenoxy) is 3. The van der Waals surface area contributed by atoms with Gasteiger partial charge in [0.05, 0.1) is 13.7 Å². The molecule has 5 heteroatoms. The van der Waals surface area contributed by atoms with Gasteiger partial charge in [-0.2, -0.15) is 0 Å². The Morgan fingerprint density at radius 2 is 1.77 bits per heavy atom. The maximum Gasteiger partial charge on any atom is 0.224 e. The Morgan fingerprint density at radius 1 is 1.00 bits per heavy atom. The van der Waals surface area contributed by atoms with Gasteiger partial charge in [0.15, 0.2) is 11.5 Å². The monoisotopic (exact) mass is 357 g/mol. The normalized spacial score (nSPS) is 10.4. The van der Waals surface area contributed by atoms with Gasteiger partial charge in [-0.3, -0.25) is 4.79 Å². The number of carbonyl (C=O) groups is 1. The standard InChI is InChI=1S/C21H27NO4/c1-16-7-9-17(10-8-16)5-4-6-21(23)22-18-11-12-19(25-3)20(15-18)26-14-13-24-2/h7-12,15H,4-6,13-14H2,1-3H3,(H,22,23). The number of anilines is 1. The SMILES string of the molecule is COCCOc1cc(NC(=O)CCCc2ccc(C)cc2)ccc1OC.